The zero-order chi connectivity index (χ0) is 25.5. The van der Waals surface area contributed by atoms with Gasteiger partial charge in [-0.1, -0.05) is 36.7 Å². The fourth-order valence-electron chi connectivity index (χ4n) is 6.22. The van der Waals surface area contributed by atoms with Gasteiger partial charge in [0.1, 0.15) is 6.04 Å². The lowest BCUT2D eigenvalue weighted by molar-refractivity contribution is -0.154. The molecular formula is C26H33ClN2O5S. The predicted molar refractivity (Wildman–Crippen MR) is 137 cm³/mol. The van der Waals surface area contributed by atoms with Crippen LogP contribution in [-0.2, 0) is 19.1 Å². The predicted octanol–water partition coefficient (Wildman–Crippen LogP) is 3.59. The number of rotatable bonds is 9. The van der Waals surface area contributed by atoms with Crippen molar-refractivity contribution in [2.75, 3.05) is 24.7 Å². The lowest BCUT2D eigenvalue weighted by Gasteiger charge is -2.39. The number of esters is 1. The Balaban J connectivity index is 1.84. The number of hydrogen-bond donors (Lipinski definition) is 1. The molecule has 0 aliphatic carbocycles. The van der Waals surface area contributed by atoms with Crippen LogP contribution in [0, 0.1) is 18.8 Å². The van der Waals surface area contributed by atoms with Crippen molar-refractivity contribution in [1.82, 2.24) is 4.90 Å². The number of benzene rings is 1. The molecule has 0 saturated carbocycles. The molecule has 2 unspecified atom stereocenters. The summed E-state index contributed by atoms with van der Waals surface area (Å²) in [6.45, 7) is 9.55. The van der Waals surface area contributed by atoms with Crippen LogP contribution < -0.4 is 4.90 Å². The first-order valence-corrected chi connectivity index (χ1v) is 13.5. The first-order valence-electron chi connectivity index (χ1n) is 12.2. The molecule has 3 heterocycles. The highest BCUT2D eigenvalue weighted by Gasteiger charge is 2.74. The first-order chi connectivity index (χ1) is 16.8. The van der Waals surface area contributed by atoms with Gasteiger partial charge < -0.3 is 19.6 Å². The Morgan fingerprint density at radius 3 is 2.77 bits per heavy atom. The summed E-state index contributed by atoms with van der Waals surface area (Å²) in [5, 5.41) is 10.6. The number of hydrogen-bond acceptors (Lipinski definition) is 6. The lowest BCUT2D eigenvalue weighted by atomic mass is 9.71. The highest BCUT2D eigenvalue weighted by Crippen LogP contribution is 2.67. The quantitative estimate of drug-likeness (QED) is 0.395. The number of aliphatic hydroxyl groups excluding tert-OH is 1. The van der Waals surface area contributed by atoms with Crippen molar-refractivity contribution in [3.8, 4) is 0 Å². The fourth-order valence-corrected chi connectivity index (χ4v) is 8.73. The molecule has 3 fully saturated rings. The van der Waals surface area contributed by atoms with Crippen LogP contribution in [0.5, 0.6) is 0 Å². The van der Waals surface area contributed by atoms with Crippen LogP contribution in [0.15, 0.2) is 30.9 Å². The van der Waals surface area contributed by atoms with E-state index >= 15 is 0 Å². The molecule has 35 heavy (non-hydrogen) atoms. The molecule has 6 atom stereocenters. The van der Waals surface area contributed by atoms with Crippen LogP contribution in [0.25, 0.3) is 0 Å². The van der Waals surface area contributed by atoms with Gasteiger partial charge in [0.2, 0.25) is 5.91 Å². The minimum atomic E-state index is -0.831. The number of para-hydroxylation sites is 1. The van der Waals surface area contributed by atoms with Crippen molar-refractivity contribution in [1.29, 1.82) is 0 Å². The number of likely N-dealkylation sites (tertiary alicyclic amines) is 1. The average molecular weight is 521 g/mol. The summed E-state index contributed by atoms with van der Waals surface area (Å²) < 4.78 is 4.61. The van der Waals surface area contributed by atoms with Crippen molar-refractivity contribution < 1.29 is 24.2 Å². The number of aryl methyl sites for hydroxylation is 1. The van der Waals surface area contributed by atoms with Crippen LogP contribution in [0.3, 0.4) is 0 Å². The molecular weight excluding hydrogens is 488 g/mol. The van der Waals surface area contributed by atoms with Crippen LogP contribution in [-0.4, -0.2) is 69.6 Å². The molecule has 3 aliphatic rings. The molecule has 9 heteroatoms. The van der Waals surface area contributed by atoms with Crippen molar-refractivity contribution in [2.45, 2.75) is 62.1 Å². The van der Waals surface area contributed by atoms with Crippen LogP contribution >= 0.6 is 23.4 Å². The summed E-state index contributed by atoms with van der Waals surface area (Å²) in [7, 11) is 0. The number of carbonyl (C=O) groups excluding carboxylic acids is 3. The minimum absolute atomic E-state index is 0.0652. The molecule has 1 aromatic carbocycles. The number of ether oxygens (including phenoxy) is 1. The van der Waals surface area contributed by atoms with E-state index in [4.69, 9.17) is 16.3 Å². The van der Waals surface area contributed by atoms with Crippen LogP contribution in [0.2, 0.25) is 5.02 Å². The van der Waals surface area contributed by atoms with E-state index < -0.39 is 28.7 Å². The maximum absolute atomic E-state index is 14.5. The Hall–Kier alpha value is -2.03. The second kappa shape index (κ2) is 10.1. The van der Waals surface area contributed by atoms with E-state index in [1.54, 1.807) is 40.6 Å². The topological polar surface area (TPSA) is 87.2 Å². The van der Waals surface area contributed by atoms with Gasteiger partial charge in [0.15, 0.2) is 0 Å². The average Bonchev–Trinajstić information content (AvgIpc) is 3.47. The first kappa shape index (κ1) is 26.0. The third-order valence-corrected chi connectivity index (χ3v) is 9.90. The molecule has 0 radical (unpaired) electrons. The molecule has 3 aliphatic heterocycles. The number of carbonyl (C=O) groups is 3. The number of amides is 2. The lowest BCUT2D eigenvalue weighted by Crippen LogP contribution is -2.57. The summed E-state index contributed by atoms with van der Waals surface area (Å²) in [5.41, 5.74) is 1.42. The van der Waals surface area contributed by atoms with E-state index in [2.05, 4.69) is 6.58 Å². The molecule has 1 spiro atoms. The molecule has 7 nitrogen and oxygen atoms in total. The minimum Gasteiger partial charge on any atom is -0.466 e. The smallest absolute Gasteiger partial charge is 0.310 e. The Bertz CT molecular complexity index is 1010. The summed E-state index contributed by atoms with van der Waals surface area (Å²) in [6.07, 6.45) is 3.51. The fraction of sp³-hybridized carbons (Fsp3) is 0.577. The summed E-state index contributed by atoms with van der Waals surface area (Å²) in [4.78, 5) is 44.6. The zero-order valence-electron chi connectivity index (χ0n) is 20.4. The van der Waals surface area contributed by atoms with Crippen LogP contribution in [0.4, 0.5) is 5.69 Å². The molecule has 1 N–H and O–H groups in total. The van der Waals surface area contributed by atoms with Gasteiger partial charge in [0.25, 0.3) is 5.91 Å². The Kier molecular flexibility index (Phi) is 7.55. The molecule has 2 amide bonds. The van der Waals surface area contributed by atoms with Crippen molar-refractivity contribution >= 4 is 46.8 Å². The second-order valence-corrected chi connectivity index (χ2v) is 11.4. The van der Waals surface area contributed by atoms with E-state index in [1.165, 1.54) is 0 Å². The monoisotopic (exact) mass is 520 g/mol. The van der Waals surface area contributed by atoms with Gasteiger partial charge in [-0.3, -0.25) is 14.4 Å². The van der Waals surface area contributed by atoms with Gasteiger partial charge in [-0.05, 0) is 44.7 Å². The van der Waals surface area contributed by atoms with Gasteiger partial charge in [0.05, 0.1) is 46.5 Å². The summed E-state index contributed by atoms with van der Waals surface area (Å²) in [5.74, 6) is -2.13. The number of thioether (sulfide) groups is 1. The zero-order valence-corrected chi connectivity index (χ0v) is 22.0. The Morgan fingerprint density at radius 1 is 1.43 bits per heavy atom. The largest absolute Gasteiger partial charge is 0.466 e. The Labute approximate surface area is 215 Å². The number of aliphatic hydroxyl groups is 1. The molecule has 190 valence electrons. The summed E-state index contributed by atoms with van der Waals surface area (Å²) in [6, 6.07) is 4.09. The maximum atomic E-state index is 14.5. The van der Waals surface area contributed by atoms with Crippen LogP contribution in [0.1, 0.15) is 38.7 Å². The van der Waals surface area contributed by atoms with E-state index in [9.17, 15) is 19.5 Å². The van der Waals surface area contributed by atoms with Gasteiger partial charge in [-0.25, -0.2) is 0 Å². The summed E-state index contributed by atoms with van der Waals surface area (Å²) >= 11 is 8.15. The third-order valence-electron chi connectivity index (χ3n) is 7.64. The molecule has 2 bridgehead atoms. The molecule has 0 aromatic heterocycles. The highest BCUT2D eigenvalue weighted by atomic mass is 35.5. The van der Waals surface area contributed by atoms with Crippen molar-refractivity contribution in [2.24, 2.45) is 11.8 Å². The SMILES string of the molecule is C=CCN(C(=O)C1N([C@@H](CC)CO)C(=O)[C@@H]2[C@@H](C(=O)OCC)[C@H]3CCC12S3)c1c(C)cccc1Cl. The molecule has 3 saturated heterocycles. The standard InChI is InChI=1S/C26H33ClN2O5S/c1-5-13-28(21-15(4)9-8-10-17(21)27)24(32)22-26-12-11-18(35-26)19(25(33)34-7-3)20(26)23(31)29(22)16(6-2)14-30/h5,8-10,16,18-20,22,30H,1,6-7,11-14H2,2-4H3/t16-,18+,19-,20-,22?,26?/m0/s1. The van der Waals surface area contributed by atoms with E-state index in [0.29, 0.717) is 23.6 Å². The van der Waals surface area contributed by atoms with Gasteiger partial charge in [-0.15, -0.1) is 18.3 Å². The molecule has 1 aromatic rings. The normalized spacial score (nSPS) is 29.7. The highest BCUT2D eigenvalue weighted by molar-refractivity contribution is 8.02. The second-order valence-electron chi connectivity index (χ2n) is 9.44. The van der Waals surface area contributed by atoms with E-state index in [0.717, 1.165) is 12.0 Å². The van der Waals surface area contributed by atoms with Crippen molar-refractivity contribution in [3.63, 3.8) is 0 Å². The molecule has 4 rings (SSSR count). The van der Waals surface area contributed by atoms with E-state index in [-0.39, 0.29) is 42.8 Å². The van der Waals surface area contributed by atoms with Gasteiger partial charge >= 0.3 is 5.97 Å². The number of nitrogens with zero attached hydrogens (tertiary/aromatic N) is 2. The Morgan fingerprint density at radius 2 is 2.17 bits per heavy atom. The van der Waals surface area contributed by atoms with Gasteiger partial charge in [0, 0.05) is 11.8 Å². The van der Waals surface area contributed by atoms with Crippen molar-refractivity contribution in [3.05, 3.63) is 41.4 Å². The number of halogens is 1. The maximum Gasteiger partial charge on any atom is 0.310 e. The van der Waals surface area contributed by atoms with E-state index in [1.807, 2.05) is 26.0 Å². The number of fused-ring (bicyclic) bond motifs is 1. The van der Waals surface area contributed by atoms with Gasteiger partial charge in [-0.2, -0.15) is 0 Å². The third kappa shape index (κ3) is 3.98. The number of anilines is 1.